The first-order valence-corrected chi connectivity index (χ1v) is 8.23. The third-order valence-corrected chi connectivity index (χ3v) is 4.62. The van der Waals surface area contributed by atoms with Gasteiger partial charge in [-0.15, -0.1) is 0 Å². The van der Waals surface area contributed by atoms with Gasteiger partial charge in [0.25, 0.3) is 5.91 Å². The molecule has 1 aromatic heterocycles. The quantitative estimate of drug-likeness (QED) is 0.849. The first-order valence-electron chi connectivity index (χ1n) is 8.23. The summed E-state index contributed by atoms with van der Waals surface area (Å²) in [5.41, 5.74) is 2.21. The van der Waals surface area contributed by atoms with Crippen molar-refractivity contribution in [3.63, 3.8) is 0 Å². The fourth-order valence-electron chi connectivity index (χ4n) is 3.40. The fraction of sp³-hybridized carbons (Fsp3) is 0.412. The van der Waals surface area contributed by atoms with E-state index in [1.54, 1.807) is 30.0 Å². The number of benzene rings is 1. The summed E-state index contributed by atoms with van der Waals surface area (Å²) in [5.74, 6) is 0.624. The van der Waals surface area contributed by atoms with Crippen molar-refractivity contribution >= 4 is 17.5 Å². The molecule has 2 amide bonds. The summed E-state index contributed by atoms with van der Waals surface area (Å²) in [5, 5.41) is 16.6. The van der Waals surface area contributed by atoms with Crippen molar-refractivity contribution in [2.45, 2.75) is 38.3 Å². The van der Waals surface area contributed by atoms with Crippen LogP contribution in [0.2, 0.25) is 0 Å². The third-order valence-electron chi connectivity index (χ3n) is 4.62. The zero-order valence-electron chi connectivity index (χ0n) is 13.7. The van der Waals surface area contributed by atoms with Crippen molar-refractivity contribution < 1.29 is 19.2 Å². The smallest absolute Gasteiger partial charge is 0.254 e. The average molecular weight is 342 g/mol. The number of hydrogen-bond acceptors (Lipinski definition) is 6. The number of aliphatic hydroxyl groups is 1. The molecular formula is C17H18N4O4. The minimum Gasteiger partial charge on any atom is -0.391 e. The average Bonchev–Trinajstić information content (AvgIpc) is 3.19. The van der Waals surface area contributed by atoms with Crippen molar-refractivity contribution in [3.8, 4) is 0 Å². The van der Waals surface area contributed by atoms with E-state index < -0.39 is 12.1 Å². The molecule has 2 aliphatic heterocycles. The number of nitrogens with zero attached hydrogens (tertiary/aromatic N) is 3. The van der Waals surface area contributed by atoms with Crippen LogP contribution in [0.5, 0.6) is 0 Å². The van der Waals surface area contributed by atoms with E-state index in [1.165, 1.54) is 0 Å². The summed E-state index contributed by atoms with van der Waals surface area (Å²) >= 11 is 0. The van der Waals surface area contributed by atoms with Gasteiger partial charge < -0.3 is 19.8 Å². The van der Waals surface area contributed by atoms with Crippen LogP contribution in [0.15, 0.2) is 22.7 Å². The Labute approximate surface area is 143 Å². The van der Waals surface area contributed by atoms with Crippen molar-refractivity contribution in [1.29, 1.82) is 0 Å². The molecular weight excluding hydrogens is 324 g/mol. The first kappa shape index (κ1) is 15.8. The summed E-state index contributed by atoms with van der Waals surface area (Å²) in [4.78, 5) is 30.2. The molecule has 2 aromatic rings. The molecule has 130 valence electrons. The number of aliphatic hydroxyl groups excluding tert-OH is 1. The Morgan fingerprint density at radius 3 is 3.00 bits per heavy atom. The van der Waals surface area contributed by atoms with E-state index in [0.717, 1.165) is 11.3 Å². The minimum atomic E-state index is -0.627. The van der Waals surface area contributed by atoms with Gasteiger partial charge in [-0.2, -0.15) is 4.98 Å². The SMILES string of the molecule is Cc1noc([C@H]2C[C@@H](O)CN2C(=O)c2ccc3c(c2)CCC(=O)N3)n1. The Kier molecular flexibility index (Phi) is 3.76. The number of fused-ring (bicyclic) bond motifs is 1. The number of rotatable bonds is 2. The molecule has 0 unspecified atom stereocenters. The lowest BCUT2D eigenvalue weighted by Crippen LogP contribution is -2.32. The van der Waals surface area contributed by atoms with Gasteiger partial charge in [-0.05, 0) is 37.1 Å². The number of aryl methyl sites for hydroxylation is 2. The molecule has 2 atom stereocenters. The zero-order valence-corrected chi connectivity index (χ0v) is 13.7. The number of aromatic nitrogens is 2. The first-order chi connectivity index (χ1) is 12.0. The molecule has 1 aromatic carbocycles. The van der Waals surface area contributed by atoms with Crippen LogP contribution >= 0.6 is 0 Å². The number of carbonyl (C=O) groups excluding carboxylic acids is 2. The molecule has 4 rings (SSSR count). The van der Waals surface area contributed by atoms with Crippen molar-refractivity contribution in [2.24, 2.45) is 0 Å². The normalized spacial score (nSPS) is 22.6. The van der Waals surface area contributed by atoms with E-state index in [2.05, 4.69) is 15.5 Å². The lowest BCUT2D eigenvalue weighted by atomic mass is 10.00. The van der Waals surface area contributed by atoms with Crippen LogP contribution in [0.1, 0.15) is 46.5 Å². The second-order valence-electron chi connectivity index (χ2n) is 6.46. The maximum Gasteiger partial charge on any atom is 0.254 e. The Bertz CT molecular complexity index is 847. The summed E-state index contributed by atoms with van der Waals surface area (Å²) in [6.45, 7) is 1.93. The van der Waals surface area contributed by atoms with Crippen molar-refractivity contribution in [2.75, 3.05) is 11.9 Å². The van der Waals surface area contributed by atoms with Crippen molar-refractivity contribution in [1.82, 2.24) is 15.0 Å². The molecule has 25 heavy (non-hydrogen) atoms. The predicted molar refractivity (Wildman–Crippen MR) is 86.8 cm³/mol. The van der Waals surface area contributed by atoms with Crippen LogP contribution < -0.4 is 5.32 Å². The maximum absolute atomic E-state index is 13.0. The van der Waals surface area contributed by atoms with Gasteiger partial charge in [-0.25, -0.2) is 0 Å². The lowest BCUT2D eigenvalue weighted by molar-refractivity contribution is -0.116. The number of hydrogen-bond donors (Lipinski definition) is 2. The standard InChI is InChI=1S/C17H18N4O4/c1-9-18-16(25-20-9)14-7-12(22)8-21(14)17(24)11-2-4-13-10(6-11)3-5-15(23)19-13/h2,4,6,12,14,22H,3,5,7-8H2,1H3,(H,19,23)/t12-,14-/m1/s1. The highest BCUT2D eigenvalue weighted by Gasteiger charge is 2.39. The summed E-state index contributed by atoms with van der Waals surface area (Å²) < 4.78 is 5.20. The second kappa shape index (κ2) is 5.96. The van der Waals surface area contributed by atoms with Gasteiger partial charge in [0.2, 0.25) is 11.8 Å². The molecule has 1 saturated heterocycles. The zero-order chi connectivity index (χ0) is 17.6. The molecule has 2 aliphatic rings. The minimum absolute atomic E-state index is 0.0129. The summed E-state index contributed by atoms with van der Waals surface area (Å²) in [7, 11) is 0. The maximum atomic E-state index is 13.0. The van der Waals surface area contributed by atoms with E-state index in [1.807, 2.05) is 0 Å². The molecule has 0 spiro atoms. The Balaban J connectivity index is 1.62. The van der Waals surface area contributed by atoms with Gasteiger partial charge in [0.15, 0.2) is 5.82 Å². The van der Waals surface area contributed by atoms with Crippen LogP contribution in [0, 0.1) is 6.92 Å². The highest BCUT2D eigenvalue weighted by molar-refractivity contribution is 5.98. The third kappa shape index (κ3) is 2.89. The Morgan fingerprint density at radius 2 is 2.24 bits per heavy atom. The Morgan fingerprint density at radius 1 is 1.40 bits per heavy atom. The van der Waals surface area contributed by atoms with Crippen LogP contribution in [0.4, 0.5) is 5.69 Å². The molecule has 3 heterocycles. The van der Waals surface area contributed by atoms with E-state index in [-0.39, 0.29) is 18.4 Å². The van der Waals surface area contributed by atoms with Gasteiger partial charge in [-0.1, -0.05) is 5.16 Å². The van der Waals surface area contributed by atoms with Gasteiger partial charge in [0.05, 0.1) is 6.10 Å². The number of likely N-dealkylation sites (tertiary alicyclic amines) is 1. The topological polar surface area (TPSA) is 109 Å². The van der Waals surface area contributed by atoms with E-state index in [4.69, 9.17) is 4.52 Å². The van der Waals surface area contributed by atoms with Gasteiger partial charge in [0.1, 0.15) is 6.04 Å². The molecule has 8 nitrogen and oxygen atoms in total. The number of carbonyl (C=O) groups is 2. The molecule has 0 aliphatic carbocycles. The lowest BCUT2D eigenvalue weighted by Gasteiger charge is -2.23. The largest absolute Gasteiger partial charge is 0.391 e. The molecule has 8 heteroatoms. The number of amides is 2. The van der Waals surface area contributed by atoms with Crippen LogP contribution in [0.25, 0.3) is 0 Å². The van der Waals surface area contributed by atoms with E-state index in [0.29, 0.717) is 36.5 Å². The number of anilines is 1. The highest BCUT2D eigenvalue weighted by atomic mass is 16.5. The van der Waals surface area contributed by atoms with Crippen LogP contribution in [-0.4, -0.2) is 44.6 Å². The number of β-amino-alcohol motifs (C(OH)–C–C–N with tert-alkyl or cyclic N) is 1. The molecule has 2 N–H and O–H groups in total. The molecule has 0 saturated carbocycles. The summed E-state index contributed by atoms with van der Waals surface area (Å²) in [6.07, 6.45) is 0.765. The van der Waals surface area contributed by atoms with E-state index >= 15 is 0 Å². The van der Waals surface area contributed by atoms with Crippen molar-refractivity contribution in [3.05, 3.63) is 41.0 Å². The highest BCUT2D eigenvalue weighted by Crippen LogP contribution is 2.33. The second-order valence-corrected chi connectivity index (χ2v) is 6.46. The fourth-order valence-corrected chi connectivity index (χ4v) is 3.40. The Hall–Kier alpha value is -2.74. The monoisotopic (exact) mass is 342 g/mol. The number of nitrogens with one attached hydrogen (secondary N) is 1. The predicted octanol–water partition coefficient (Wildman–Crippen LogP) is 1.21. The van der Waals surface area contributed by atoms with Gasteiger partial charge >= 0.3 is 0 Å². The molecule has 1 fully saturated rings. The molecule has 0 radical (unpaired) electrons. The summed E-state index contributed by atoms with van der Waals surface area (Å²) in [6, 6.07) is 4.81. The van der Waals surface area contributed by atoms with Gasteiger partial charge in [0, 0.05) is 30.6 Å². The van der Waals surface area contributed by atoms with E-state index in [9.17, 15) is 14.7 Å². The van der Waals surface area contributed by atoms with Crippen LogP contribution in [-0.2, 0) is 11.2 Å². The van der Waals surface area contributed by atoms with Crippen LogP contribution in [0.3, 0.4) is 0 Å². The molecule has 0 bridgehead atoms. The van der Waals surface area contributed by atoms with Gasteiger partial charge in [-0.3, -0.25) is 9.59 Å².